The van der Waals surface area contributed by atoms with Gasteiger partial charge in [-0.25, -0.2) is 4.98 Å². The molecule has 4 aromatic rings. The predicted octanol–water partition coefficient (Wildman–Crippen LogP) is 6.54. The number of aromatic nitrogens is 1. The molecule has 0 fully saturated rings. The van der Waals surface area contributed by atoms with E-state index in [4.69, 9.17) is 25.5 Å². The maximum Gasteiger partial charge on any atom is 0.259 e. The number of carbonyl (C=O) groups is 1. The Hall–Kier alpha value is -3.51. The van der Waals surface area contributed by atoms with Gasteiger partial charge in [-0.05, 0) is 53.9 Å². The Labute approximate surface area is 191 Å². The van der Waals surface area contributed by atoms with E-state index in [1.54, 1.807) is 43.5 Å². The average Bonchev–Trinajstić information content (AvgIpc) is 3.22. The first-order valence-electron chi connectivity index (χ1n) is 10.1. The number of hydrogen-bond acceptors (Lipinski definition) is 5. The Morgan fingerprint density at radius 3 is 2.56 bits per heavy atom. The fourth-order valence-electron chi connectivity index (χ4n) is 3.37. The summed E-state index contributed by atoms with van der Waals surface area (Å²) < 4.78 is 16.5. The smallest absolute Gasteiger partial charge is 0.259 e. The standard InChI is InChI=1S/C25H23ClN2O4/c1-14(2)15-5-10-22-21(11-15)28-25(32-22)19-12-16(6-9-20(19)26)27-24(29)18-8-7-17(30-3)13-23(18)31-4/h5-14H,1-4H3,(H,27,29). The number of carbonyl (C=O) groups excluding carboxylic acids is 1. The van der Waals surface area contributed by atoms with Gasteiger partial charge in [0.25, 0.3) is 5.91 Å². The van der Waals surface area contributed by atoms with Gasteiger partial charge in [-0.1, -0.05) is 31.5 Å². The molecule has 0 atom stereocenters. The van der Waals surface area contributed by atoms with Crippen LogP contribution in [0.4, 0.5) is 5.69 Å². The topological polar surface area (TPSA) is 73.6 Å². The minimum absolute atomic E-state index is 0.322. The molecular formula is C25H23ClN2O4. The van der Waals surface area contributed by atoms with E-state index in [9.17, 15) is 4.79 Å². The first kappa shape index (κ1) is 21.7. The SMILES string of the molecule is COc1ccc(C(=O)Nc2ccc(Cl)c(-c3nc4cc(C(C)C)ccc4o3)c2)c(OC)c1. The highest BCUT2D eigenvalue weighted by atomic mass is 35.5. The van der Waals surface area contributed by atoms with Crippen molar-refractivity contribution in [3.05, 3.63) is 70.7 Å². The summed E-state index contributed by atoms with van der Waals surface area (Å²) in [6, 6.07) is 16.1. The molecule has 1 N–H and O–H groups in total. The molecule has 0 bridgehead atoms. The number of fused-ring (bicyclic) bond motifs is 1. The Bertz CT molecular complexity index is 1300. The molecule has 32 heavy (non-hydrogen) atoms. The van der Waals surface area contributed by atoms with Crippen LogP contribution in [-0.4, -0.2) is 25.1 Å². The molecule has 7 heteroatoms. The molecule has 3 aromatic carbocycles. The Balaban J connectivity index is 1.65. The molecule has 1 aromatic heterocycles. The van der Waals surface area contributed by atoms with Crippen molar-refractivity contribution in [2.45, 2.75) is 19.8 Å². The van der Waals surface area contributed by atoms with Crippen LogP contribution in [0.5, 0.6) is 11.5 Å². The zero-order chi connectivity index (χ0) is 22.8. The van der Waals surface area contributed by atoms with E-state index in [1.807, 2.05) is 18.2 Å². The lowest BCUT2D eigenvalue weighted by atomic mass is 10.0. The maximum atomic E-state index is 12.9. The van der Waals surface area contributed by atoms with Crippen LogP contribution in [0.1, 0.15) is 35.7 Å². The minimum Gasteiger partial charge on any atom is -0.497 e. The number of benzene rings is 3. The van der Waals surface area contributed by atoms with E-state index in [1.165, 1.54) is 12.7 Å². The van der Waals surface area contributed by atoms with E-state index in [-0.39, 0.29) is 5.91 Å². The molecule has 0 unspecified atom stereocenters. The zero-order valence-electron chi connectivity index (χ0n) is 18.2. The number of methoxy groups -OCH3 is 2. The lowest BCUT2D eigenvalue weighted by Crippen LogP contribution is -2.13. The molecule has 0 aliphatic rings. The van der Waals surface area contributed by atoms with E-state index in [0.717, 1.165) is 5.52 Å². The molecule has 0 aliphatic heterocycles. The van der Waals surface area contributed by atoms with Crippen LogP contribution in [-0.2, 0) is 0 Å². The zero-order valence-corrected chi connectivity index (χ0v) is 19.0. The van der Waals surface area contributed by atoms with E-state index in [0.29, 0.717) is 50.7 Å². The molecule has 0 spiro atoms. The van der Waals surface area contributed by atoms with Gasteiger partial charge in [-0.2, -0.15) is 0 Å². The maximum absolute atomic E-state index is 12.9. The van der Waals surface area contributed by atoms with Gasteiger partial charge >= 0.3 is 0 Å². The number of halogens is 1. The third-order valence-electron chi connectivity index (χ3n) is 5.19. The lowest BCUT2D eigenvalue weighted by molar-refractivity contribution is 0.102. The van der Waals surface area contributed by atoms with Crippen LogP contribution in [0.3, 0.4) is 0 Å². The fraction of sp³-hybridized carbons (Fsp3) is 0.200. The van der Waals surface area contributed by atoms with Crippen LogP contribution in [0.25, 0.3) is 22.6 Å². The Kier molecular flexibility index (Phi) is 6.06. The van der Waals surface area contributed by atoms with Crippen LogP contribution in [0, 0.1) is 0 Å². The summed E-state index contributed by atoms with van der Waals surface area (Å²) in [6.07, 6.45) is 0. The van der Waals surface area contributed by atoms with Gasteiger partial charge in [0, 0.05) is 11.8 Å². The van der Waals surface area contributed by atoms with Gasteiger partial charge in [0.1, 0.15) is 17.0 Å². The average molecular weight is 451 g/mol. The van der Waals surface area contributed by atoms with Gasteiger partial charge < -0.3 is 19.2 Å². The monoisotopic (exact) mass is 450 g/mol. The lowest BCUT2D eigenvalue weighted by Gasteiger charge is -2.11. The van der Waals surface area contributed by atoms with Crippen LogP contribution < -0.4 is 14.8 Å². The van der Waals surface area contributed by atoms with Crippen molar-refractivity contribution in [2.24, 2.45) is 0 Å². The van der Waals surface area contributed by atoms with Gasteiger partial charge in [0.15, 0.2) is 5.58 Å². The van der Waals surface area contributed by atoms with Crippen LogP contribution in [0.15, 0.2) is 59.0 Å². The summed E-state index contributed by atoms with van der Waals surface area (Å²) in [6.45, 7) is 4.26. The summed E-state index contributed by atoms with van der Waals surface area (Å²) in [5.41, 5.74) is 4.15. The normalized spacial score (nSPS) is 11.1. The quantitative estimate of drug-likeness (QED) is 0.361. The van der Waals surface area contributed by atoms with E-state index in [2.05, 4.69) is 24.1 Å². The number of anilines is 1. The summed E-state index contributed by atoms with van der Waals surface area (Å²) in [4.78, 5) is 17.5. The third kappa shape index (κ3) is 4.27. The molecule has 0 radical (unpaired) electrons. The van der Waals surface area contributed by atoms with E-state index < -0.39 is 0 Å². The number of ether oxygens (including phenoxy) is 2. The van der Waals surface area contributed by atoms with Crippen molar-refractivity contribution < 1.29 is 18.7 Å². The molecule has 164 valence electrons. The number of nitrogens with one attached hydrogen (secondary N) is 1. The summed E-state index contributed by atoms with van der Waals surface area (Å²) in [5.74, 6) is 1.47. The van der Waals surface area contributed by atoms with Gasteiger partial charge in [0.2, 0.25) is 5.89 Å². The number of nitrogens with zero attached hydrogens (tertiary/aromatic N) is 1. The molecule has 0 aliphatic carbocycles. The number of oxazole rings is 1. The molecule has 4 rings (SSSR count). The van der Waals surface area contributed by atoms with Gasteiger partial charge in [-0.15, -0.1) is 0 Å². The van der Waals surface area contributed by atoms with Crippen LogP contribution in [0.2, 0.25) is 5.02 Å². The first-order valence-corrected chi connectivity index (χ1v) is 10.5. The number of amides is 1. The molecule has 1 heterocycles. The molecular weight excluding hydrogens is 428 g/mol. The second kappa shape index (κ2) is 8.93. The molecule has 0 saturated heterocycles. The first-order chi connectivity index (χ1) is 15.4. The van der Waals surface area contributed by atoms with E-state index >= 15 is 0 Å². The molecule has 6 nitrogen and oxygen atoms in total. The number of rotatable bonds is 6. The van der Waals surface area contributed by atoms with Gasteiger partial charge in [-0.3, -0.25) is 4.79 Å². The second-order valence-corrected chi connectivity index (χ2v) is 8.02. The Morgan fingerprint density at radius 1 is 1.03 bits per heavy atom. The predicted molar refractivity (Wildman–Crippen MR) is 126 cm³/mol. The highest BCUT2D eigenvalue weighted by Crippen LogP contribution is 2.33. The van der Waals surface area contributed by atoms with Gasteiger partial charge in [0.05, 0.1) is 30.4 Å². The molecule has 1 amide bonds. The summed E-state index contributed by atoms with van der Waals surface area (Å²) in [5, 5.41) is 3.35. The van der Waals surface area contributed by atoms with Crippen molar-refractivity contribution in [3.8, 4) is 23.0 Å². The summed E-state index contributed by atoms with van der Waals surface area (Å²) >= 11 is 6.43. The third-order valence-corrected chi connectivity index (χ3v) is 5.52. The Morgan fingerprint density at radius 2 is 1.84 bits per heavy atom. The minimum atomic E-state index is -0.322. The van der Waals surface area contributed by atoms with Crippen molar-refractivity contribution in [1.29, 1.82) is 0 Å². The highest BCUT2D eigenvalue weighted by molar-refractivity contribution is 6.33. The highest BCUT2D eigenvalue weighted by Gasteiger charge is 2.17. The van der Waals surface area contributed by atoms with Crippen molar-refractivity contribution >= 4 is 34.3 Å². The summed E-state index contributed by atoms with van der Waals surface area (Å²) in [7, 11) is 3.06. The van der Waals surface area contributed by atoms with Crippen molar-refractivity contribution in [1.82, 2.24) is 4.98 Å². The number of hydrogen-bond donors (Lipinski definition) is 1. The molecule has 0 saturated carbocycles. The second-order valence-electron chi connectivity index (χ2n) is 7.62. The largest absolute Gasteiger partial charge is 0.497 e. The van der Waals surface area contributed by atoms with Crippen molar-refractivity contribution in [2.75, 3.05) is 19.5 Å². The van der Waals surface area contributed by atoms with Crippen molar-refractivity contribution in [3.63, 3.8) is 0 Å². The fourth-order valence-corrected chi connectivity index (χ4v) is 3.57. The van der Waals surface area contributed by atoms with Crippen LogP contribution >= 0.6 is 11.6 Å².